The lowest BCUT2D eigenvalue weighted by atomic mass is 9.98. The summed E-state index contributed by atoms with van der Waals surface area (Å²) in [5.74, 6) is 1.73. The predicted molar refractivity (Wildman–Crippen MR) is 124 cm³/mol. The van der Waals surface area contributed by atoms with Crippen molar-refractivity contribution in [1.29, 1.82) is 0 Å². The maximum atomic E-state index is 13.3. The summed E-state index contributed by atoms with van der Waals surface area (Å²) in [6, 6.07) is 14.1. The number of amides is 1. The molecule has 5 rings (SSSR count). The molecule has 6 nitrogen and oxygen atoms in total. The van der Waals surface area contributed by atoms with Crippen molar-refractivity contribution in [3.63, 3.8) is 0 Å². The topological polar surface area (TPSA) is 72.1 Å². The Hall–Kier alpha value is -3.32. The Balaban J connectivity index is 1.29. The molecule has 1 aromatic carbocycles. The molecule has 0 bridgehead atoms. The molecule has 32 heavy (non-hydrogen) atoms. The highest BCUT2D eigenvalue weighted by molar-refractivity contribution is 7.17. The first-order valence-corrected chi connectivity index (χ1v) is 11.6. The van der Waals surface area contributed by atoms with Crippen molar-refractivity contribution < 1.29 is 9.21 Å². The molecule has 0 saturated carbocycles. The summed E-state index contributed by atoms with van der Waals surface area (Å²) in [6.07, 6.45) is 7.95. The minimum Gasteiger partial charge on any atom is -0.445 e. The van der Waals surface area contributed by atoms with Gasteiger partial charge in [-0.25, -0.2) is 9.97 Å². The molecule has 1 atom stereocenters. The number of carbonyl (C=O) groups is 1. The molecule has 0 radical (unpaired) electrons. The summed E-state index contributed by atoms with van der Waals surface area (Å²) in [5.41, 5.74) is 2.89. The number of aryl methyl sites for hydroxylation is 1. The maximum Gasteiger partial charge on any atom is 0.265 e. The van der Waals surface area contributed by atoms with E-state index in [2.05, 4.69) is 27.1 Å². The van der Waals surface area contributed by atoms with E-state index in [0.717, 1.165) is 53.7 Å². The molecule has 1 fully saturated rings. The summed E-state index contributed by atoms with van der Waals surface area (Å²) in [4.78, 5) is 29.3. The number of hydrogen-bond donors (Lipinski definition) is 0. The van der Waals surface area contributed by atoms with Gasteiger partial charge in [0.05, 0.1) is 17.8 Å². The molecule has 0 N–H and O–H groups in total. The van der Waals surface area contributed by atoms with Crippen molar-refractivity contribution in [3.05, 3.63) is 88.8 Å². The largest absolute Gasteiger partial charge is 0.445 e. The molecule has 1 amide bonds. The van der Waals surface area contributed by atoms with E-state index in [1.165, 1.54) is 16.9 Å². The second-order valence-corrected chi connectivity index (χ2v) is 9.09. The van der Waals surface area contributed by atoms with Crippen LogP contribution in [0.2, 0.25) is 0 Å². The smallest absolute Gasteiger partial charge is 0.265 e. The second-order valence-electron chi connectivity index (χ2n) is 8.09. The van der Waals surface area contributed by atoms with E-state index in [1.54, 1.807) is 12.4 Å². The summed E-state index contributed by atoms with van der Waals surface area (Å²) < 4.78 is 6.08. The van der Waals surface area contributed by atoms with Crippen LogP contribution >= 0.6 is 11.3 Å². The van der Waals surface area contributed by atoms with Crippen molar-refractivity contribution in [3.8, 4) is 10.6 Å². The number of piperidine rings is 1. The lowest BCUT2D eigenvalue weighted by Crippen LogP contribution is -2.39. The van der Waals surface area contributed by atoms with Gasteiger partial charge in [0, 0.05) is 37.5 Å². The zero-order valence-electron chi connectivity index (χ0n) is 17.9. The molecule has 3 aromatic heterocycles. The van der Waals surface area contributed by atoms with Crippen LogP contribution in [0.4, 0.5) is 0 Å². The van der Waals surface area contributed by atoms with Crippen molar-refractivity contribution >= 4 is 17.2 Å². The van der Waals surface area contributed by atoms with Gasteiger partial charge in [-0.05, 0) is 37.5 Å². The van der Waals surface area contributed by atoms with Gasteiger partial charge in [-0.2, -0.15) is 0 Å². The van der Waals surface area contributed by atoms with Gasteiger partial charge in [0.1, 0.15) is 15.6 Å². The average Bonchev–Trinajstić information content (AvgIpc) is 3.47. The minimum atomic E-state index is 0.0379. The Labute approximate surface area is 191 Å². The number of likely N-dealkylation sites (tertiary alicyclic amines) is 1. The van der Waals surface area contributed by atoms with Crippen LogP contribution in [0.25, 0.3) is 10.6 Å². The van der Waals surface area contributed by atoms with Crippen LogP contribution in [-0.4, -0.2) is 38.8 Å². The van der Waals surface area contributed by atoms with Crippen LogP contribution < -0.4 is 0 Å². The highest BCUT2D eigenvalue weighted by Crippen LogP contribution is 2.32. The normalized spacial score (nSPS) is 16.3. The van der Waals surface area contributed by atoms with E-state index >= 15 is 0 Å². The van der Waals surface area contributed by atoms with Gasteiger partial charge >= 0.3 is 0 Å². The molecule has 162 valence electrons. The first-order valence-electron chi connectivity index (χ1n) is 10.8. The van der Waals surface area contributed by atoms with Crippen LogP contribution in [0.5, 0.6) is 0 Å². The number of nitrogens with zero attached hydrogens (tertiary/aromatic N) is 4. The quantitative estimate of drug-likeness (QED) is 0.428. The van der Waals surface area contributed by atoms with Gasteiger partial charge < -0.3 is 9.32 Å². The zero-order valence-corrected chi connectivity index (χ0v) is 18.7. The van der Waals surface area contributed by atoms with Gasteiger partial charge in [-0.1, -0.05) is 30.3 Å². The summed E-state index contributed by atoms with van der Waals surface area (Å²) in [5, 5.41) is 0.825. The van der Waals surface area contributed by atoms with Crippen LogP contribution in [0.3, 0.4) is 0 Å². The fourth-order valence-corrected chi connectivity index (χ4v) is 5.13. The Morgan fingerprint density at radius 3 is 2.88 bits per heavy atom. The number of hydrogen-bond acceptors (Lipinski definition) is 6. The van der Waals surface area contributed by atoms with Gasteiger partial charge in [0.25, 0.3) is 5.91 Å². The van der Waals surface area contributed by atoms with E-state index in [1.807, 2.05) is 48.4 Å². The van der Waals surface area contributed by atoms with Crippen LogP contribution in [0.1, 0.15) is 51.3 Å². The fraction of sp³-hybridized carbons (Fsp3) is 0.280. The standard InChI is InChI=1S/C25H24N4O2S/c1-17-22(32-24(28-17)19-9-5-11-26-14-19)25(30)29-12-6-10-20(16-29)23-27-15-21(31-23)13-18-7-3-2-4-8-18/h2-5,7-9,11,14-15,20H,6,10,12-13,16H2,1H3. The Kier molecular flexibility index (Phi) is 5.81. The summed E-state index contributed by atoms with van der Waals surface area (Å²) in [7, 11) is 0. The van der Waals surface area contributed by atoms with E-state index in [-0.39, 0.29) is 11.8 Å². The van der Waals surface area contributed by atoms with Crippen molar-refractivity contribution in [2.24, 2.45) is 0 Å². The lowest BCUT2D eigenvalue weighted by Gasteiger charge is -2.31. The Bertz CT molecular complexity index is 1200. The molecule has 1 aliphatic rings. The molecule has 4 aromatic rings. The molecule has 7 heteroatoms. The highest BCUT2D eigenvalue weighted by Gasteiger charge is 2.30. The molecule has 1 saturated heterocycles. The zero-order chi connectivity index (χ0) is 21.9. The first-order chi connectivity index (χ1) is 15.7. The van der Waals surface area contributed by atoms with E-state index in [4.69, 9.17) is 4.42 Å². The molecule has 0 aliphatic carbocycles. The third kappa shape index (κ3) is 4.34. The number of benzene rings is 1. The molecule has 1 unspecified atom stereocenters. The van der Waals surface area contributed by atoms with Gasteiger partial charge in [0.2, 0.25) is 0 Å². The van der Waals surface area contributed by atoms with E-state index in [9.17, 15) is 4.79 Å². The number of thiazole rings is 1. The van der Waals surface area contributed by atoms with E-state index in [0.29, 0.717) is 11.4 Å². The Morgan fingerprint density at radius 1 is 1.19 bits per heavy atom. The SMILES string of the molecule is Cc1nc(-c2cccnc2)sc1C(=O)N1CCCC(c2ncc(Cc3ccccc3)o2)C1. The van der Waals surface area contributed by atoms with Gasteiger partial charge in [-0.3, -0.25) is 9.78 Å². The number of rotatable bonds is 5. The summed E-state index contributed by atoms with van der Waals surface area (Å²) in [6.45, 7) is 3.26. The molecular weight excluding hydrogens is 420 g/mol. The van der Waals surface area contributed by atoms with Gasteiger partial charge in [-0.15, -0.1) is 11.3 Å². The monoisotopic (exact) mass is 444 g/mol. The number of oxazole rings is 1. The summed E-state index contributed by atoms with van der Waals surface area (Å²) >= 11 is 1.44. The van der Waals surface area contributed by atoms with Gasteiger partial charge in [0.15, 0.2) is 5.89 Å². The molecule has 4 heterocycles. The maximum absolute atomic E-state index is 13.3. The predicted octanol–water partition coefficient (Wildman–Crippen LogP) is 5.11. The van der Waals surface area contributed by atoms with E-state index < -0.39 is 0 Å². The Morgan fingerprint density at radius 2 is 2.06 bits per heavy atom. The number of aromatic nitrogens is 3. The van der Waals surface area contributed by atoms with Crippen LogP contribution in [-0.2, 0) is 6.42 Å². The van der Waals surface area contributed by atoms with Crippen LogP contribution in [0.15, 0.2) is 65.5 Å². The molecular formula is C25H24N4O2S. The second kappa shape index (κ2) is 9.04. The van der Waals surface area contributed by atoms with Crippen molar-refractivity contribution in [2.45, 2.75) is 32.1 Å². The highest BCUT2D eigenvalue weighted by atomic mass is 32.1. The number of pyridine rings is 1. The molecule has 1 aliphatic heterocycles. The van der Waals surface area contributed by atoms with Crippen molar-refractivity contribution in [1.82, 2.24) is 19.9 Å². The fourth-order valence-electron chi connectivity index (χ4n) is 4.10. The number of carbonyl (C=O) groups excluding carboxylic acids is 1. The average molecular weight is 445 g/mol. The third-order valence-corrected chi connectivity index (χ3v) is 6.94. The van der Waals surface area contributed by atoms with Crippen molar-refractivity contribution in [2.75, 3.05) is 13.1 Å². The third-order valence-electron chi connectivity index (χ3n) is 5.75. The minimum absolute atomic E-state index is 0.0379. The van der Waals surface area contributed by atoms with Crippen LogP contribution in [0, 0.1) is 6.92 Å². The lowest BCUT2D eigenvalue weighted by molar-refractivity contribution is 0.0702. The molecule has 0 spiro atoms. The first kappa shape index (κ1) is 20.6.